The van der Waals surface area contributed by atoms with Crippen LogP contribution in [0.25, 0.3) is 22.4 Å². The lowest BCUT2D eigenvalue weighted by atomic mass is 10.00. The minimum atomic E-state index is -4.63. The van der Waals surface area contributed by atoms with Gasteiger partial charge in [0.05, 0.1) is 5.56 Å². The second-order valence-corrected chi connectivity index (χ2v) is 4.95. The number of hydrogen-bond donors (Lipinski definition) is 1. The van der Waals surface area contributed by atoms with Gasteiger partial charge in [-0.1, -0.05) is 29.5 Å². The molecule has 0 unspecified atom stereocenters. The van der Waals surface area contributed by atoms with Gasteiger partial charge < -0.3 is 0 Å². The predicted molar refractivity (Wildman–Crippen MR) is 76.9 cm³/mol. The van der Waals surface area contributed by atoms with E-state index in [1.165, 1.54) is 12.1 Å². The van der Waals surface area contributed by atoms with Crippen LogP contribution in [0.1, 0.15) is 11.3 Å². The zero-order valence-electron chi connectivity index (χ0n) is 11.9. The molecule has 0 atom stereocenters. The van der Waals surface area contributed by atoms with Crippen LogP contribution >= 0.6 is 0 Å². The summed E-state index contributed by atoms with van der Waals surface area (Å²) in [5, 5.41) is 18.7. The minimum Gasteiger partial charge on any atom is -0.247 e. The number of rotatable bonds is 2. The molecule has 0 aliphatic rings. The van der Waals surface area contributed by atoms with E-state index in [1.807, 2.05) is 6.07 Å². The highest BCUT2D eigenvalue weighted by molar-refractivity contribution is 5.71. The lowest BCUT2D eigenvalue weighted by Gasteiger charge is -2.10. The van der Waals surface area contributed by atoms with Gasteiger partial charge in [-0.25, -0.2) is 9.49 Å². The van der Waals surface area contributed by atoms with Crippen LogP contribution in [-0.2, 0) is 6.18 Å². The number of nitriles is 1. The number of aromatic nitrogens is 3. The quantitative estimate of drug-likeness (QED) is 0.716. The van der Waals surface area contributed by atoms with E-state index < -0.39 is 17.6 Å². The predicted octanol–water partition coefficient (Wildman–Crippen LogP) is 4.17. The van der Waals surface area contributed by atoms with Crippen LogP contribution in [0.2, 0.25) is 0 Å². The molecule has 4 nitrogen and oxygen atoms in total. The van der Waals surface area contributed by atoms with Crippen LogP contribution in [0.3, 0.4) is 0 Å². The normalized spacial score (nSPS) is 11.3. The Morgan fingerprint density at radius 3 is 2.25 bits per heavy atom. The van der Waals surface area contributed by atoms with Crippen molar-refractivity contribution in [3.63, 3.8) is 0 Å². The van der Waals surface area contributed by atoms with Crippen molar-refractivity contribution < 1.29 is 17.6 Å². The molecule has 1 N–H and O–H groups in total. The molecule has 0 saturated heterocycles. The van der Waals surface area contributed by atoms with Gasteiger partial charge in [0.25, 0.3) is 0 Å². The average molecular weight is 332 g/mol. The highest BCUT2D eigenvalue weighted by atomic mass is 19.4. The van der Waals surface area contributed by atoms with E-state index in [9.17, 15) is 17.6 Å². The molecule has 2 aromatic carbocycles. The Labute approximate surface area is 133 Å². The van der Waals surface area contributed by atoms with E-state index in [-0.39, 0.29) is 11.3 Å². The molecule has 3 rings (SSSR count). The summed E-state index contributed by atoms with van der Waals surface area (Å²) in [6, 6.07) is 10.5. The van der Waals surface area contributed by atoms with Crippen LogP contribution in [0.5, 0.6) is 0 Å². The lowest BCUT2D eigenvalue weighted by Crippen LogP contribution is -2.05. The number of aromatic amines is 1. The molecule has 1 heterocycles. The second-order valence-electron chi connectivity index (χ2n) is 4.95. The van der Waals surface area contributed by atoms with E-state index >= 15 is 0 Å². The summed E-state index contributed by atoms with van der Waals surface area (Å²) >= 11 is 0. The first-order chi connectivity index (χ1) is 11.4. The van der Waals surface area contributed by atoms with Gasteiger partial charge in [-0.15, -0.1) is 5.10 Å². The molecule has 0 spiro atoms. The summed E-state index contributed by atoms with van der Waals surface area (Å²) in [5.41, 5.74) is 0.536. The average Bonchev–Trinajstić information content (AvgIpc) is 3.02. The van der Waals surface area contributed by atoms with Gasteiger partial charge in [0.2, 0.25) is 0 Å². The summed E-state index contributed by atoms with van der Waals surface area (Å²) in [5.74, 6) is -0.966. The number of benzene rings is 2. The molecule has 0 radical (unpaired) electrons. The number of hydrogen-bond acceptors (Lipinski definition) is 3. The third-order valence-electron chi connectivity index (χ3n) is 3.38. The van der Waals surface area contributed by atoms with Gasteiger partial charge in [0, 0.05) is 5.56 Å². The van der Waals surface area contributed by atoms with E-state index in [4.69, 9.17) is 5.26 Å². The maximum atomic E-state index is 13.5. The Hall–Kier alpha value is -3.21. The number of H-pyrrole nitrogens is 1. The summed E-state index contributed by atoms with van der Waals surface area (Å²) < 4.78 is 51.8. The van der Waals surface area contributed by atoms with Crippen molar-refractivity contribution in [1.29, 1.82) is 5.26 Å². The summed E-state index contributed by atoms with van der Waals surface area (Å²) in [4.78, 5) is 0. The van der Waals surface area contributed by atoms with Gasteiger partial charge in [-0.2, -0.15) is 18.4 Å². The molecule has 1 aromatic heterocycles. The lowest BCUT2D eigenvalue weighted by molar-refractivity contribution is -0.137. The van der Waals surface area contributed by atoms with Gasteiger partial charge in [-0.3, -0.25) is 0 Å². The van der Waals surface area contributed by atoms with Crippen LogP contribution < -0.4 is 0 Å². The Bertz CT molecular complexity index is 920. The Kier molecular flexibility index (Phi) is 3.77. The fourth-order valence-corrected chi connectivity index (χ4v) is 2.25. The van der Waals surface area contributed by atoms with Gasteiger partial charge >= 0.3 is 6.18 Å². The maximum absolute atomic E-state index is 13.5. The third kappa shape index (κ3) is 2.96. The molecule has 120 valence electrons. The molecular formula is C16H8F4N4. The monoisotopic (exact) mass is 332 g/mol. The van der Waals surface area contributed by atoms with Crippen molar-refractivity contribution in [3.05, 3.63) is 59.5 Å². The molecule has 0 saturated carbocycles. The molecule has 24 heavy (non-hydrogen) atoms. The minimum absolute atomic E-state index is 0.106. The zero-order valence-corrected chi connectivity index (χ0v) is 11.9. The fraction of sp³-hybridized carbons (Fsp3) is 0.0625. The van der Waals surface area contributed by atoms with Crippen LogP contribution in [0.4, 0.5) is 17.6 Å². The van der Waals surface area contributed by atoms with Crippen molar-refractivity contribution >= 4 is 0 Å². The number of nitrogens with one attached hydrogen (secondary N) is 1. The Morgan fingerprint density at radius 2 is 1.62 bits per heavy atom. The molecular weight excluding hydrogens is 324 g/mol. The highest BCUT2D eigenvalue weighted by Gasteiger charge is 2.31. The first-order valence-corrected chi connectivity index (χ1v) is 6.68. The molecule has 0 fully saturated rings. The Balaban J connectivity index is 2.00. The largest absolute Gasteiger partial charge is 0.416 e. The van der Waals surface area contributed by atoms with Crippen LogP contribution in [0.15, 0.2) is 42.5 Å². The SMILES string of the molecule is N#Cc1[nH]nnc1-c1ccc(-c2cc(F)cc(C(F)(F)F)c2)cc1. The maximum Gasteiger partial charge on any atom is 0.416 e. The molecule has 8 heteroatoms. The number of nitrogens with zero attached hydrogens (tertiary/aromatic N) is 3. The van der Waals surface area contributed by atoms with Crippen molar-refractivity contribution in [3.8, 4) is 28.5 Å². The number of alkyl halides is 3. The zero-order chi connectivity index (χ0) is 17.3. The van der Waals surface area contributed by atoms with Crippen molar-refractivity contribution in [1.82, 2.24) is 15.4 Å². The van der Waals surface area contributed by atoms with E-state index in [0.717, 1.165) is 12.1 Å². The van der Waals surface area contributed by atoms with Crippen LogP contribution in [-0.4, -0.2) is 15.4 Å². The van der Waals surface area contributed by atoms with Gasteiger partial charge in [0.15, 0.2) is 5.69 Å². The first-order valence-electron chi connectivity index (χ1n) is 6.68. The first kappa shape index (κ1) is 15.7. The third-order valence-corrected chi connectivity index (χ3v) is 3.38. The smallest absolute Gasteiger partial charge is 0.247 e. The molecule has 0 bridgehead atoms. The number of halogens is 4. The highest BCUT2D eigenvalue weighted by Crippen LogP contribution is 2.33. The summed E-state index contributed by atoms with van der Waals surface area (Å²) in [6.07, 6.45) is -4.63. The van der Waals surface area contributed by atoms with Crippen molar-refractivity contribution in [2.75, 3.05) is 0 Å². The second kappa shape index (κ2) is 5.77. The topological polar surface area (TPSA) is 65.4 Å². The Morgan fingerprint density at radius 1 is 0.958 bits per heavy atom. The van der Waals surface area contributed by atoms with E-state index in [2.05, 4.69) is 15.4 Å². The van der Waals surface area contributed by atoms with Gasteiger partial charge in [0.1, 0.15) is 17.6 Å². The van der Waals surface area contributed by atoms with E-state index in [1.54, 1.807) is 12.1 Å². The van der Waals surface area contributed by atoms with E-state index in [0.29, 0.717) is 22.9 Å². The van der Waals surface area contributed by atoms with Crippen molar-refractivity contribution in [2.45, 2.75) is 6.18 Å². The summed E-state index contributed by atoms with van der Waals surface area (Å²) in [7, 11) is 0. The standard InChI is InChI=1S/C16H8F4N4/c17-13-6-11(5-12(7-13)16(18,19)20)9-1-3-10(4-2-9)15-14(8-21)22-24-23-15/h1-7H,(H,22,23,24). The molecule has 0 aliphatic heterocycles. The fourth-order valence-electron chi connectivity index (χ4n) is 2.25. The van der Waals surface area contributed by atoms with Crippen LogP contribution in [0, 0.1) is 17.1 Å². The van der Waals surface area contributed by atoms with Crippen molar-refractivity contribution in [2.24, 2.45) is 0 Å². The van der Waals surface area contributed by atoms with Gasteiger partial charge in [-0.05, 0) is 29.3 Å². The summed E-state index contributed by atoms with van der Waals surface area (Å²) in [6.45, 7) is 0. The molecule has 3 aromatic rings. The molecule has 0 amide bonds. The molecule has 0 aliphatic carbocycles.